The van der Waals surface area contributed by atoms with E-state index in [0.717, 1.165) is 33.0 Å². The monoisotopic (exact) mass is 499 g/mol. The van der Waals surface area contributed by atoms with Crippen molar-refractivity contribution in [2.75, 3.05) is 18.5 Å². The van der Waals surface area contributed by atoms with Crippen molar-refractivity contribution >= 4 is 33.1 Å². The van der Waals surface area contributed by atoms with E-state index in [4.69, 9.17) is 19.9 Å². The van der Waals surface area contributed by atoms with E-state index in [-0.39, 0.29) is 18.2 Å². The van der Waals surface area contributed by atoms with Crippen molar-refractivity contribution in [1.29, 1.82) is 0 Å². The SMILES string of the molecule is NCCCOc1ccc(NC(=O)Cc2nnc(Cc3nc4ccc(-c5ccccc5)cc4s3)o2)cc1. The molecule has 5 rings (SSSR count). The predicted molar refractivity (Wildman–Crippen MR) is 140 cm³/mol. The molecule has 0 aliphatic heterocycles. The van der Waals surface area contributed by atoms with Crippen molar-refractivity contribution in [2.45, 2.75) is 19.3 Å². The molecule has 0 saturated carbocycles. The summed E-state index contributed by atoms with van der Waals surface area (Å²) in [6.07, 6.45) is 1.20. The van der Waals surface area contributed by atoms with Gasteiger partial charge in [-0.3, -0.25) is 4.79 Å². The van der Waals surface area contributed by atoms with Crippen LogP contribution in [-0.2, 0) is 17.6 Å². The van der Waals surface area contributed by atoms with Gasteiger partial charge in [-0.05, 0) is 60.5 Å². The molecule has 0 fully saturated rings. The highest BCUT2D eigenvalue weighted by Crippen LogP contribution is 2.29. The van der Waals surface area contributed by atoms with Crippen molar-refractivity contribution in [3.05, 3.63) is 89.6 Å². The average Bonchev–Trinajstić information content (AvgIpc) is 3.51. The van der Waals surface area contributed by atoms with Crippen molar-refractivity contribution < 1.29 is 13.9 Å². The molecule has 0 spiro atoms. The van der Waals surface area contributed by atoms with Crippen molar-refractivity contribution in [1.82, 2.24) is 15.2 Å². The highest BCUT2D eigenvalue weighted by Gasteiger charge is 2.14. The molecule has 2 aromatic heterocycles. The lowest BCUT2D eigenvalue weighted by Gasteiger charge is -2.07. The second-order valence-electron chi connectivity index (χ2n) is 8.16. The molecule has 5 aromatic rings. The predicted octanol–water partition coefficient (Wildman–Crippen LogP) is 4.85. The van der Waals surface area contributed by atoms with Gasteiger partial charge in [0.1, 0.15) is 17.2 Å². The molecule has 0 bridgehead atoms. The zero-order valence-corrected chi connectivity index (χ0v) is 20.3. The number of benzene rings is 3. The summed E-state index contributed by atoms with van der Waals surface area (Å²) in [5, 5.41) is 11.8. The first-order chi connectivity index (χ1) is 17.7. The van der Waals surface area contributed by atoms with Gasteiger partial charge in [-0.2, -0.15) is 0 Å². The molecule has 0 aliphatic carbocycles. The van der Waals surface area contributed by atoms with Crippen LogP contribution in [0.25, 0.3) is 21.3 Å². The largest absolute Gasteiger partial charge is 0.494 e. The third kappa shape index (κ3) is 5.94. The number of nitrogens with zero attached hydrogens (tertiary/aromatic N) is 3. The lowest BCUT2D eigenvalue weighted by Crippen LogP contribution is -2.14. The van der Waals surface area contributed by atoms with Gasteiger partial charge in [-0.1, -0.05) is 36.4 Å². The molecule has 36 heavy (non-hydrogen) atoms. The van der Waals surface area contributed by atoms with E-state index in [0.29, 0.717) is 31.2 Å². The Morgan fingerprint density at radius 1 is 0.972 bits per heavy atom. The Balaban J connectivity index is 1.17. The molecular weight excluding hydrogens is 474 g/mol. The number of aromatic nitrogens is 3. The Hall–Kier alpha value is -4.08. The quantitative estimate of drug-likeness (QED) is 0.264. The lowest BCUT2D eigenvalue weighted by molar-refractivity contribution is -0.115. The van der Waals surface area contributed by atoms with E-state index in [2.05, 4.69) is 39.8 Å². The number of rotatable bonds is 10. The molecule has 3 N–H and O–H groups in total. The number of anilines is 1. The summed E-state index contributed by atoms with van der Waals surface area (Å²) in [5.74, 6) is 1.18. The van der Waals surface area contributed by atoms with E-state index >= 15 is 0 Å². The summed E-state index contributed by atoms with van der Waals surface area (Å²) < 4.78 is 12.4. The minimum atomic E-state index is -0.240. The van der Waals surface area contributed by atoms with Crippen LogP contribution in [0.4, 0.5) is 5.69 Å². The fraction of sp³-hybridized carbons (Fsp3) is 0.185. The van der Waals surface area contributed by atoms with Crippen LogP contribution < -0.4 is 15.8 Å². The summed E-state index contributed by atoms with van der Waals surface area (Å²) in [7, 11) is 0. The number of amides is 1. The Morgan fingerprint density at radius 3 is 2.58 bits per heavy atom. The number of hydrogen-bond donors (Lipinski definition) is 2. The van der Waals surface area contributed by atoms with E-state index < -0.39 is 0 Å². The number of carbonyl (C=O) groups is 1. The first-order valence-electron chi connectivity index (χ1n) is 11.7. The molecule has 2 heterocycles. The highest BCUT2D eigenvalue weighted by molar-refractivity contribution is 7.18. The third-order valence-corrected chi connectivity index (χ3v) is 6.44. The van der Waals surface area contributed by atoms with Gasteiger partial charge < -0.3 is 20.2 Å². The van der Waals surface area contributed by atoms with Gasteiger partial charge in [0.15, 0.2) is 0 Å². The van der Waals surface area contributed by atoms with E-state index in [1.807, 2.05) is 24.3 Å². The van der Waals surface area contributed by atoms with E-state index in [1.165, 1.54) is 5.56 Å². The van der Waals surface area contributed by atoms with Gasteiger partial charge in [0.2, 0.25) is 17.7 Å². The number of hydrogen-bond acceptors (Lipinski definition) is 8. The normalized spacial score (nSPS) is 11.0. The minimum absolute atomic E-state index is 0.0119. The third-order valence-electron chi connectivity index (χ3n) is 5.42. The molecule has 0 aliphatic rings. The Morgan fingerprint density at radius 2 is 1.78 bits per heavy atom. The van der Waals surface area contributed by atoms with Crippen LogP contribution in [0.3, 0.4) is 0 Å². The Bertz CT molecular complexity index is 1450. The minimum Gasteiger partial charge on any atom is -0.494 e. The van der Waals surface area contributed by atoms with E-state index in [1.54, 1.807) is 35.6 Å². The molecule has 0 unspecified atom stereocenters. The van der Waals surface area contributed by atoms with Gasteiger partial charge in [0, 0.05) is 5.69 Å². The first kappa shape index (κ1) is 23.7. The lowest BCUT2D eigenvalue weighted by atomic mass is 10.1. The molecule has 1 amide bonds. The molecule has 3 aromatic carbocycles. The molecule has 0 atom stereocenters. The standard InChI is InChI=1S/C27H25N5O3S/c28-13-4-14-34-21-10-8-20(9-11-21)29-24(33)16-25-31-32-26(35-25)17-27-30-22-12-7-19(15-23(22)36-27)18-5-2-1-3-6-18/h1-3,5-12,15H,4,13-14,16-17,28H2,(H,29,33). The molecule has 9 heteroatoms. The second kappa shape index (κ2) is 11.1. The topological polar surface area (TPSA) is 116 Å². The van der Waals surface area contributed by atoms with Gasteiger partial charge in [0.25, 0.3) is 0 Å². The molecule has 8 nitrogen and oxygen atoms in total. The first-order valence-corrected chi connectivity index (χ1v) is 12.5. The maximum absolute atomic E-state index is 12.4. The van der Waals surface area contributed by atoms with Gasteiger partial charge >= 0.3 is 0 Å². The molecule has 182 valence electrons. The molecular formula is C27H25N5O3S. The maximum atomic E-state index is 12.4. The zero-order valence-electron chi connectivity index (χ0n) is 19.5. The van der Waals surface area contributed by atoms with Crippen LogP contribution in [0.1, 0.15) is 23.2 Å². The fourth-order valence-corrected chi connectivity index (χ4v) is 4.67. The summed E-state index contributed by atoms with van der Waals surface area (Å²) in [4.78, 5) is 17.1. The zero-order chi connectivity index (χ0) is 24.7. The fourth-order valence-electron chi connectivity index (χ4n) is 3.67. The van der Waals surface area contributed by atoms with Gasteiger partial charge in [0.05, 0.1) is 23.2 Å². The number of thiazole rings is 1. The van der Waals surface area contributed by atoms with Crippen LogP contribution in [-0.4, -0.2) is 34.2 Å². The van der Waals surface area contributed by atoms with Crippen molar-refractivity contribution in [3.63, 3.8) is 0 Å². The number of nitrogens with one attached hydrogen (secondary N) is 1. The van der Waals surface area contributed by atoms with Gasteiger partial charge in [-0.25, -0.2) is 4.98 Å². The number of carbonyl (C=O) groups excluding carboxylic acids is 1. The van der Waals surface area contributed by atoms with Crippen LogP contribution in [0.15, 0.2) is 77.2 Å². The highest BCUT2D eigenvalue weighted by atomic mass is 32.1. The maximum Gasteiger partial charge on any atom is 0.233 e. The smallest absolute Gasteiger partial charge is 0.233 e. The summed E-state index contributed by atoms with van der Waals surface area (Å²) in [5.41, 5.74) is 9.38. The average molecular weight is 500 g/mol. The second-order valence-corrected chi connectivity index (χ2v) is 9.28. The van der Waals surface area contributed by atoms with Crippen LogP contribution in [0.5, 0.6) is 5.75 Å². The molecule has 0 radical (unpaired) electrons. The number of ether oxygens (including phenoxy) is 1. The van der Waals surface area contributed by atoms with Crippen molar-refractivity contribution in [2.24, 2.45) is 5.73 Å². The number of fused-ring (bicyclic) bond motifs is 1. The summed E-state index contributed by atoms with van der Waals surface area (Å²) in [6.45, 7) is 1.15. The molecule has 0 saturated heterocycles. The summed E-state index contributed by atoms with van der Waals surface area (Å²) >= 11 is 1.60. The van der Waals surface area contributed by atoms with Crippen molar-refractivity contribution in [3.8, 4) is 16.9 Å². The van der Waals surface area contributed by atoms with Crippen LogP contribution in [0, 0.1) is 0 Å². The van der Waals surface area contributed by atoms with Gasteiger partial charge in [-0.15, -0.1) is 21.5 Å². The Kier molecular flexibility index (Phi) is 7.30. The Labute approximate surface area is 212 Å². The van der Waals surface area contributed by atoms with Crippen LogP contribution in [0.2, 0.25) is 0 Å². The summed E-state index contributed by atoms with van der Waals surface area (Å²) in [6, 6.07) is 23.7. The van der Waals surface area contributed by atoms with E-state index in [9.17, 15) is 4.79 Å². The van der Waals surface area contributed by atoms with Crippen LogP contribution >= 0.6 is 11.3 Å². The number of nitrogens with two attached hydrogens (primary N) is 1.